The van der Waals surface area contributed by atoms with Crippen LogP contribution in [0.2, 0.25) is 0 Å². The highest BCUT2D eigenvalue weighted by atomic mass is 32.2. The van der Waals surface area contributed by atoms with Crippen LogP contribution in [0.4, 0.5) is 5.69 Å². The van der Waals surface area contributed by atoms with Gasteiger partial charge in [0.2, 0.25) is 5.91 Å². The van der Waals surface area contributed by atoms with Crippen LogP contribution >= 0.6 is 11.8 Å². The lowest BCUT2D eigenvalue weighted by atomic mass is 9.66. The first-order valence-corrected chi connectivity index (χ1v) is 9.31. The zero-order chi connectivity index (χ0) is 17.1. The zero-order valence-electron chi connectivity index (χ0n) is 14.2. The normalized spacial score (nSPS) is 23.5. The van der Waals surface area contributed by atoms with Gasteiger partial charge in [-0.15, -0.1) is 11.8 Å². The lowest BCUT2D eigenvalue weighted by Gasteiger charge is -2.49. The summed E-state index contributed by atoms with van der Waals surface area (Å²) in [5.41, 5.74) is 11.1. The van der Waals surface area contributed by atoms with E-state index in [0.717, 1.165) is 11.4 Å². The summed E-state index contributed by atoms with van der Waals surface area (Å²) in [6, 6.07) is 12.7. The van der Waals surface area contributed by atoms with E-state index in [1.807, 2.05) is 30.0 Å². The average molecular weight is 338 g/mol. The Morgan fingerprint density at radius 1 is 1.29 bits per heavy atom. The highest BCUT2D eigenvalue weighted by molar-refractivity contribution is 7.99. The third-order valence-electron chi connectivity index (χ3n) is 5.62. The molecular formula is C20H22N2OS. The number of nitrogens with one attached hydrogen (secondary N) is 1. The predicted octanol–water partition coefficient (Wildman–Crippen LogP) is 4.26. The molecule has 124 valence electrons. The summed E-state index contributed by atoms with van der Waals surface area (Å²) in [5, 5.41) is 3.74. The molecule has 0 saturated heterocycles. The largest absolute Gasteiger partial charge is 0.378 e. The van der Waals surface area contributed by atoms with Crippen molar-refractivity contribution in [2.24, 2.45) is 11.7 Å². The maximum absolute atomic E-state index is 11.6. The summed E-state index contributed by atoms with van der Waals surface area (Å²) < 4.78 is 0. The van der Waals surface area contributed by atoms with Gasteiger partial charge in [0.15, 0.2) is 0 Å². The van der Waals surface area contributed by atoms with Crippen molar-refractivity contribution in [2.75, 3.05) is 11.1 Å². The lowest BCUT2D eigenvalue weighted by molar-refractivity contribution is 0.1000. The van der Waals surface area contributed by atoms with Crippen molar-refractivity contribution in [3.05, 3.63) is 58.7 Å². The molecule has 0 spiro atoms. The van der Waals surface area contributed by atoms with E-state index < -0.39 is 0 Å². The molecule has 0 aromatic heterocycles. The van der Waals surface area contributed by atoms with E-state index in [0.29, 0.717) is 17.5 Å². The summed E-state index contributed by atoms with van der Waals surface area (Å²) in [7, 11) is 0. The number of hydrogen-bond donors (Lipinski definition) is 2. The summed E-state index contributed by atoms with van der Waals surface area (Å²) in [6.07, 6.45) is 0. The predicted molar refractivity (Wildman–Crippen MR) is 99.7 cm³/mol. The van der Waals surface area contributed by atoms with Gasteiger partial charge < -0.3 is 11.1 Å². The van der Waals surface area contributed by atoms with Gasteiger partial charge in [0.25, 0.3) is 0 Å². The van der Waals surface area contributed by atoms with Gasteiger partial charge in [-0.25, -0.2) is 0 Å². The number of anilines is 1. The summed E-state index contributed by atoms with van der Waals surface area (Å²) in [6.45, 7) is 6.76. The molecule has 2 aromatic carbocycles. The maximum atomic E-state index is 11.6. The second-order valence-electron chi connectivity index (χ2n) is 7.38. The van der Waals surface area contributed by atoms with Crippen molar-refractivity contribution < 1.29 is 4.79 Å². The van der Waals surface area contributed by atoms with Crippen LogP contribution in [-0.4, -0.2) is 11.7 Å². The minimum absolute atomic E-state index is 0.0227. The van der Waals surface area contributed by atoms with Crippen molar-refractivity contribution >= 4 is 23.4 Å². The number of rotatable bonds is 1. The summed E-state index contributed by atoms with van der Waals surface area (Å²) in [5.74, 6) is 1.17. The number of aryl methyl sites for hydroxylation is 1. The Labute approximate surface area is 147 Å². The number of benzene rings is 2. The smallest absolute Gasteiger partial charge is 0.248 e. The van der Waals surface area contributed by atoms with Crippen molar-refractivity contribution in [1.29, 1.82) is 0 Å². The van der Waals surface area contributed by atoms with Crippen LogP contribution < -0.4 is 11.1 Å². The third-order valence-corrected chi connectivity index (χ3v) is 7.00. The van der Waals surface area contributed by atoms with Crippen LogP contribution in [-0.2, 0) is 5.41 Å². The topological polar surface area (TPSA) is 55.1 Å². The molecule has 1 amide bonds. The Hall–Kier alpha value is -1.94. The molecular weight excluding hydrogens is 316 g/mol. The highest BCUT2D eigenvalue weighted by Crippen LogP contribution is 2.54. The Kier molecular flexibility index (Phi) is 3.43. The van der Waals surface area contributed by atoms with Gasteiger partial charge in [-0.05, 0) is 47.2 Å². The number of nitrogens with two attached hydrogens (primary N) is 1. The van der Waals surface area contributed by atoms with Crippen LogP contribution in [0.25, 0.3) is 0 Å². The van der Waals surface area contributed by atoms with Crippen molar-refractivity contribution in [2.45, 2.75) is 37.1 Å². The molecule has 0 fully saturated rings. The SMILES string of the molecule is Cc1cccc2c1SCC1C2Nc2ccc(C(N)=O)cc2C1(C)C. The van der Waals surface area contributed by atoms with Crippen LogP contribution in [0, 0.1) is 12.8 Å². The van der Waals surface area contributed by atoms with Gasteiger partial charge in [-0.1, -0.05) is 32.0 Å². The molecule has 0 aliphatic carbocycles. The standard InChI is InChI=1S/C20H22N2OS/c1-11-5-4-6-13-17-15(10-24-18(11)13)20(2,3)14-9-12(19(21)23)7-8-16(14)22-17/h4-9,15,17,22H,10H2,1-3H3,(H2,21,23). The van der Waals surface area contributed by atoms with E-state index in [1.165, 1.54) is 21.6 Å². The van der Waals surface area contributed by atoms with E-state index >= 15 is 0 Å². The van der Waals surface area contributed by atoms with Crippen molar-refractivity contribution in [3.63, 3.8) is 0 Å². The monoisotopic (exact) mass is 338 g/mol. The summed E-state index contributed by atoms with van der Waals surface area (Å²) >= 11 is 1.96. The lowest BCUT2D eigenvalue weighted by Crippen LogP contribution is -2.44. The fourth-order valence-corrected chi connectivity index (χ4v) is 5.74. The summed E-state index contributed by atoms with van der Waals surface area (Å²) in [4.78, 5) is 13.0. The number of thioether (sulfide) groups is 1. The van der Waals surface area contributed by atoms with E-state index in [-0.39, 0.29) is 11.3 Å². The molecule has 3 nitrogen and oxygen atoms in total. The molecule has 2 aliphatic rings. The van der Waals surface area contributed by atoms with Gasteiger partial charge in [0, 0.05) is 27.8 Å². The molecule has 24 heavy (non-hydrogen) atoms. The van der Waals surface area contributed by atoms with Crippen LogP contribution in [0.5, 0.6) is 0 Å². The molecule has 0 bridgehead atoms. The Morgan fingerprint density at radius 2 is 2.08 bits per heavy atom. The molecule has 4 rings (SSSR count). The minimum atomic E-state index is -0.366. The average Bonchev–Trinajstić information content (AvgIpc) is 2.55. The Balaban J connectivity index is 1.86. The zero-order valence-corrected chi connectivity index (χ0v) is 15.0. The number of primary amides is 1. The maximum Gasteiger partial charge on any atom is 0.248 e. The third kappa shape index (κ3) is 2.16. The quantitative estimate of drug-likeness (QED) is 0.817. The molecule has 0 saturated carbocycles. The van der Waals surface area contributed by atoms with Gasteiger partial charge in [-0.2, -0.15) is 0 Å². The number of carbonyl (C=O) groups is 1. The van der Waals surface area contributed by atoms with Gasteiger partial charge >= 0.3 is 0 Å². The highest BCUT2D eigenvalue weighted by Gasteiger charge is 2.45. The van der Waals surface area contributed by atoms with E-state index in [1.54, 1.807) is 0 Å². The van der Waals surface area contributed by atoms with Gasteiger partial charge in [-0.3, -0.25) is 4.79 Å². The number of carbonyl (C=O) groups excluding carboxylic acids is 1. The first kappa shape index (κ1) is 15.6. The Morgan fingerprint density at radius 3 is 2.83 bits per heavy atom. The molecule has 2 aromatic rings. The number of amides is 1. The second-order valence-corrected chi connectivity index (χ2v) is 8.41. The number of fused-ring (bicyclic) bond motifs is 4. The van der Waals surface area contributed by atoms with Crippen LogP contribution in [0.1, 0.15) is 46.9 Å². The molecule has 2 heterocycles. The van der Waals surface area contributed by atoms with E-state index in [4.69, 9.17) is 5.73 Å². The molecule has 2 unspecified atom stereocenters. The molecule has 3 N–H and O–H groups in total. The van der Waals surface area contributed by atoms with Crippen molar-refractivity contribution in [1.82, 2.24) is 0 Å². The van der Waals surface area contributed by atoms with Crippen LogP contribution in [0.15, 0.2) is 41.3 Å². The number of hydrogen-bond acceptors (Lipinski definition) is 3. The molecule has 2 aliphatic heterocycles. The van der Waals surface area contributed by atoms with Gasteiger partial charge in [0.1, 0.15) is 0 Å². The second kappa shape index (κ2) is 5.28. The van der Waals surface area contributed by atoms with E-state index in [9.17, 15) is 4.79 Å². The first-order valence-electron chi connectivity index (χ1n) is 8.33. The molecule has 2 atom stereocenters. The minimum Gasteiger partial charge on any atom is -0.378 e. The Bertz CT molecular complexity index is 844. The molecule has 0 radical (unpaired) electrons. The fourth-order valence-electron chi connectivity index (χ4n) is 4.13. The van der Waals surface area contributed by atoms with E-state index in [2.05, 4.69) is 44.3 Å². The van der Waals surface area contributed by atoms with Crippen LogP contribution in [0.3, 0.4) is 0 Å². The molecule has 4 heteroatoms. The van der Waals surface area contributed by atoms with Gasteiger partial charge in [0.05, 0.1) is 6.04 Å². The van der Waals surface area contributed by atoms with Crippen molar-refractivity contribution in [3.8, 4) is 0 Å². The fraction of sp³-hybridized carbons (Fsp3) is 0.350. The first-order chi connectivity index (χ1) is 11.4.